The van der Waals surface area contributed by atoms with Crippen molar-refractivity contribution < 1.29 is 9.18 Å². The van der Waals surface area contributed by atoms with E-state index in [1.165, 1.54) is 12.1 Å². The Bertz CT molecular complexity index is 551. The van der Waals surface area contributed by atoms with Gasteiger partial charge in [0.15, 0.2) is 0 Å². The molecule has 5 heteroatoms. The Morgan fingerprint density at radius 2 is 2.35 bits per heavy atom. The van der Waals surface area contributed by atoms with E-state index < -0.39 is 5.41 Å². The van der Waals surface area contributed by atoms with Gasteiger partial charge in [-0.05, 0) is 30.2 Å². The van der Waals surface area contributed by atoms with Gasteiger partial charge < -0.3 is 10.6 Å². The van der Waals surface area contributed by atoms with Gasteiger partial charge in [-0.3, -0.25) is 4.79 Å². The number of rotatable bonds is 0. The third kappa shape index (κ3) is 1.28. The van der Waals surface area contributed by atoms with Crippen LogP contribution in [-0.2, 0) is 10.2 Å². The number of nitriles is 1. The quantitative estimate of drug-likeness (QED) is 0.697. The molecular weight excluding hydrogens is 221 g/mol. The second kappa shape index (κ2) is 3.28. The zero-order valence-corrected chi connectivity index (χ0v) is 8.96. The Kier molecular flexibility index (Phi) is 1.98. The van der Waals surface area contributed by atoms with Gasteiger partial charge in [0, 0.05) is 12.2 Å². The Labute approximate surface area is 97.4 Å². The SMILES string of the molecule is N#C[C@@H]1C[C@@]2(CN1)C(=O)Nc1ccc(F)cc12. The lowest BCUT2D eigenvalue weighted by Crippen LogP contribution is -2.36. The van der Waals surface area contributed by atoms with Crippen LogP contribution < -0.4 is 10.6 Å². The number of halogens is 1. The smallest absolute Gasteiger partial charge is 0.236 e. The van der Waals surface area contributed by atoms with Crippen LogP contribution in [0.5, 0.6) is 0 Å². The standard InChI is InChI=1S/C12H10FN3O/c13-7-1-2-10-9(3-7)12(11(17)16-10)4-8(5-14)15-6-12/h1-3,8,15H,4,6H2,(H,16,17)/t8-,12-/m0/s1. The van der Waals surface area contributed by atoms with E-state index in [9.17, 15) is 9.18 Å². The second-order valence-electron chi connectivity index (χ2n) is 4.49. The molecule has 4 nitrogen and oxygen atoms in total. The number of carbonyl (C=O) groups is 1. The third-order valence-corrected chi connectivity index (χ3v) is 3.54. The molecule has 0 bridgehead atoms. The summed E-state index contributed by atoms with van der Waals surface area (Å²) < 4.78 is 13.3. The molecular formula is C12H10FN3O. The summed E-state index contributed by atoms with van der Waals surface area (Å²) in [5.74, 6) is -0.511. The molecule has 1 amide bonds. The molecule has 2 aliphatic rings. The molecule has 2 heterocycles. The number of carbonyl (C=O) groups excluding carboxylic acids is 1. The summed E-state index contributed by atoms with van der Waals surface area (Å²) in [5.41, 5.74) is 0.530. The molecule has 0 radical (unpaired) electrons. The van der Waals surface area contributed by atoms with Gasteiger partial charge in [-0.2, -0.15) is 5.26 Å². The zero-order chi connectivity index (χ0) is 12.0. The summed E-state index contributed by atoms with van der Waals surface area (Å²) >= 11 is 0. The molecule has 86 valence electrons. The van der Waals surface area contributed by atoms with Crippen LogP contribution in [0.25, 0.3) is 0 Å². The van der Waals surface area contributed by atoms with Crippen molar-refractivity contribution in [1.29, 1.82) is 5.26 Å². The fourth-order valence-corrected chi connectivity index (χ4v) is 2.65. The topological polar surface area (TPSA) is 64.9 Å². The average Bonchev–Trinajstić information content (AvgIpc) is 2.86. The molecule has 1 fully saturated rings. The molecule has 0 unspecified atom stereocenters. The second-order valence-corrected chi connectivity index (χ2v) is 4.49. The summed E-state index contributed by atoms with van der Waals surface area (Å²) in [6.07, 6.45) is 0.395. The third-order valence-electron chi connectivity index (χ3n) is 3.54. The lowest BCUT2D eigenvalue weighted by molar-refractivity contribution is -0.120. The minimum atomic E-state index is -0.780. The van der Waals surface area contributed by atoms with E-state index in [1.54, 1.807) is 6.07 Å². The first kappa shape index (κ1) is 10.2. The summed E-state index contributed by atoms with van der Waals surface area (Å²) in [7, 11) is 0. The molecule has 2 N–H and O–H groups in total. The van der Waals surface area contributed by atoms with Crippen LogP contribution in [0.1, 0.15) is 12.0 Å². The molecule has 0 saturated carbocycles. The first-order valence-electron chi connectivity index (χ1n) is 5.40. The number of anilines is 1. The summed E-state index contributed by atoms with van der Waals surface area (Å²) in [5, 5.41) is 14.6. The number of nitrogens with one attached hydrogen (secondary N) is 2. The predicted octanol–water partition coefficient (Wildman–Crippen LogP) is 0.901. The number of fused-ring (bicyclic) bond motifs is 2. The first-order chi connectivity index (χ1) is 8.15. The first-order valence-corrected chi connectivity index (χ1v) is 5.40. The minimum absolute atomic E-state index is 0.150. The van der Waals surface area contributed by atoms with E-state index in [0.29, 0.717) is 24.2 Å². The fraction of sp³-hybridized carbons (Fsp3) is 0.333. The molecule has 17 heavy (non-hydrogen) atoms. The lowest BCUT2D eigenvalue weighted by Gasteiger charge is -2.19. The normalized spacial score (nSPS) is 30.1. The number of hydrogen-bond donors (Lipinski definition) is 2. The molecule has 2 aliphatic heterocycles. The fourth-order valence-electron chi connectivity index (χ4n) is 2.65. The monoisotopic (exact) mass is 231 g/mol. The Morgan fingerprint density at radius 3 is 3.06 bits per heavy atom. The summed E-state index contributed by atoms with van der Waals surface area (Å²) in [4.78, 5) is 12.0. The van der Waals surface area contributed by atoms with Crippen molar-refractivity contribution in [3.8, 4) is 6.07 Å². The summed E-state index contributed by atoms with van der Waals surface area (Å²) in [6.45, 7) is 0.382. The van der Waals surface area contributed by atoms with Crippen molar-refractivity contribution in [3.05, 3.63) is 29.6 Å². The largest absolute Gasteiger partial charge is 0.325 e. The summed E-state index contributed by atoms with van der Waals surface area (Å²) in [6, 6.07) is 6.02. The van der Waals surface area contributed by atoms with Crippen molar-refractivity contribution >= 4 is 11.6 Å². The molecule has 1 saturated heterocycles. The van der Waals surface area contributed by atoms with Crippen LogP contribution in [-0.4, -0.2) is 18.5 Å². The number of benzene rings is 1. The van der Waals surface area contributed by atoms with E-state index in [2.05, 4.69) is 16.7 Å². The minimum Gasteiger partial charge on any atom is -0.325 e. The van der Waals surface area contributed by atoms with Crippen molar-refractivity contribution in [2.24, 2.45) is 0 Å². The maximum absolute atomic E-state index is 13.3. The highest BCUT2D eigenvalue weighted by molar-refractivity contribution is 6.06. The number of hydrogen-bond acceptors (Lipinski definition) is 3. The van der Waals surface area contributed by atoms with E-state index >= 15 is 0 Å². The Hall–Kier alpha value is -1.93. The van der Waals surface area contributed by atoms with Crippen LogP contribution in [0.3, 0.4) is 0 Å². The van der Waals surface area contributed by atoms with E-state index in [-0.39, 0.29) is 17.8 Å². The van der Waals surface area contributed by atoms with Crippen LogP contribution in [0, 0.1) is 17.1 Å². The molecule has 1 aromatic rings. The number of amides is 1. The van der Waals surface area contributed by atoms with E-state index in [4.69, 9.17) is 5.26 Å². The van der Waals surface area contributed by atoms with Crippen molar-refractivity contribution in [2.75, 3.05) is 11.9 Å². The van der Waals surface area contributed by atoms with Crippen molar-refractivity contribution in [1.82, 2.24) is 5.32 Å². The highest BCUT2D eigenvalue weighted by Gasteiger charge is 2.51. The van der Waals surface area contributed by atoms with Gasteiger partial charge in [0.2, 0.25) is 5.91 Å². The Morgan fingerprint density at radius 1 is 1.53 bits per heavy atom. The maximum atomic E-state index is 13.3. The molecule has 0 aliphatic carbocycles. The molecule has 0 aromatic heterocycles. The van der Waals surface area contributed by atoms with Gasteiger partial charge in [0.05, 0.1) is 17.5 Å². The molecule has 1 spiro atoms. The van der Waals surface area contributed by atoms with E-state index in [0.717, 1.165) is 0 Å². The maximum Gasteiger partial charge on any atom is 0.236 e. The van der Waals surface area contributed by atoms with Crippen molar-refractivity contribution in [3.63, 3.8) is 0 Å². The van der Waals surface area contributed by atoms with Gasteiger partial charge in [0.1, 0.15) is 5.82 Å². The van der Waals surface area contributed by atoms with Crippen LogP contribution in [0.15, 0.2) is 18.2 Å². The molecule has 2 atom stereocenters. The van der Waals surface area contributed by atoms with Gasteiger partial charge in [0.25, 0.3) is 0 Å². The lowest BCUT2D eigenvalue weighted by atomic mass is 9.79. The van der Waals surface area contributed by atoms with Gasteiger partial charge in [-0.15, -0.1) is 0 Å². The molecule has 3 rings (SSSR count). The highest BCUT2D eigenvalue weighted by atomic mass is 19.1. The van der Waals surface area contributed by atoms with Gasteiger partial charge in [-0.1, -0.05) is 0 Å². The van der Waals surface area contributed by atoms with Gasteiger partial charge in [-0.25, -0.2) is 4.39 Å². The van der Waals surface area contributed by atoms with Crippen LogP contribution in [0.4, 0.5) is 10.1 Å². The van der Waals surface area contributed by atoms with Gasteiger partial charge >= 0.3 is 0 Å². The van der Waals surface area contributed by atoms with E-state index in [1.807, 2.05) is 0 Å². The molecule has 1 aromatic carbocycles. The average molecular weight is 231 g/mol. The predicted molar refractivity (Wildman–Crippen MR) is 58.7 cm³/mol. The zero-order valence-electron chi connectivity index (χ0n) is 8.96. The Balaban J connectivity index is 2.11. The number of nitrogens with zero attached hydrogens (tertiary/aromatic N) is 1. The van der Waals surface area contributed by atoms with Crippen LogP contribution in [0.2, 0.25) is 0 Å². The van der Waals surface area contributed by atoms with Crippen molar-refractivity contribution in [2.45, 2.75) is 17.9 Å². The van der Waals surface area contributed by atoms with Crippen LogP contribution >= 0.6 is 0 Å². The highest BCUT2D eigenvalue weighted by Crippen LogP contribution is 2.43.